The fourth-order valence-corrected chi connectivity index (χ4v) is 6.91. The maximum atomic E-state index is 6.17. The van der Waals surface area contributed by atoms with Crippen molar-refractivity contribution >= 4 is 0 Å². The second-order valence-electron chi connectivity index (χ2n) is 6.09. The van der Waals surface area contributed by atoms with E-state index in [-0.39, 0.29) is 0 Å². The predicted molar refractivity (Wildman–Crippen MR) is 41.2 cm³/mol. The van der Waals surface area contributed by atoms with Gasteiger partial charge in [-0.05, 0) is 53.8 Å². The summed E-state index contributed by atoms with van der Waals surface area (Å²) in [6, 6.07) is 0. The van der Waals surface area contributed by atoms with E-state index in [0.29, 0.717) is 0 Å². The lowest BCUT2D eigenvalue weighted by molar-refractivity contribution is 0.0368. The molecule has 0 N–H and O–H groups in total. The van der Waals surface area contributed by atoms with E-state index in [1.807, 2.05) is 0 Å². The molecule has 7 fully saturated rings. The summed E-state index contributed by atoms with van der Waals surface area (Å²) in [4.78, 5) is 0. The third-order valence-corrected chi connectivity index (χ3v) is 6.58. The summed E-state index contributed by atoms with van der Waals surface area (Å²) in [5.41, 5.74) is 0. The molecule has 1 heteroatoms. The normalized spacial score (nSPS) is 94.0. The minimum atomic E-state index is 0.781. The highest BCUT2D eigenvalue weighted by Crippen LogP contribution is 2.87. The Morgan fingerprint density at radius 2 is 1.25 bits per heavy atom. The molecule has 62 valence electrons. The van der Waals surface area contributed by atoms with Crippen molar-refractivity contribution in [2.75, 3.05) is 0 Å². The van der Waals surface area contributed by atoms with Crippen LogP contribution in [0, 0.1) is 47.3 Å². The molecule has 10 atom stereocenters. The quantitative estimate of drug-likeness (QED) is 0.516. The maximum absolute atomic E-state index is 6.17. The lowest BCUT2D eigenvalue weighted by Crippen LogP contribution is -2.43. The summed E-state index contributed by atoms with van der Waals surface area (Å²) in [7, 11) is 0. The SMILES string of the molecule is C1[C@@H]2[C@H]3C4[C@@H]5O[C@H]3[C@@H]3C5[C@H]([C@H]23)[C@H]14. The van der Waals surface area contributed by atoms with Gasteiger partial charge in [0.25, 0.3) is 0 Å². The first kappa shape index (κ1) is 4.99. The molecule has 2 aliphatic heterocycles. The van der Waals surface area contributed by atoms with Crippen LogP contribution in [-0.4, -0.2) is 12.2 Å². The van der Waals surface area contributed by atoms with Crippen molar-refractivity contribution in [1.29, 1.82) is 0 Å². The summed E-state index contributed by atoms with van der Waals surface area (Å²) in [6.07, 6.45) is 3.18. The van der Waals surface area contributed by atoms with Crippen LogP contribution in [0.4, 0.5) is 0 Å². The lowest BCUT2D eigenvalue weighted by Gasteiger charge is -2.43. The van der Waals surface area contributed by atoms with Gasteiger partial charge in [0.05, 0.1) is 12.2 Å². The van der Waals surface area contributed by atoms with Gasteiger partial charge in [-0.1, -0.05) is 0 Å². The third kappa shape index (κ3) is 0.222. The number of hydrogen-bond donors (Lipinski definition) is 0. The number of hydrogen-bond acceptors (Lipinski definition) is 1. The van der Waals surface area contributed by atoms with Crippen LogP contribution in [0.1, 0.15) is 6.42 Å². The number of ether oxygens (including phenoxy) is 1. The highest BCUT2D eigenvalue weighted by Gasteiger charge is 2.87. The van der Waals surface area contributed by atoms with Gasteiger partial charge in [0.15, 0.2) is 0 Å². The van der Waals surface area contributed by atoms with Gasteiger partial charge in [0, 0.05) is 0 Å². The Kier molecular flexibility index (Phi) is 0.443. The van der Waals surface area contributed by atoms with E-state index in [9.17, 15) is 0 Å². The minimum Gasteiger partial charge on any atom is -0.374 e. The largest absolute Gasteiger partial charge is 0.374 e. The van der Waals surface area contributed by atoms with E-state index in [4.69, 9.17) is 4.74 Å². The first-order chi connectivity index (χ1) is 5.97. The first-order valence-electron chi connectivity index (χ1n) is 5.62. The second-order valence-corrected chi connectivity index (χ2v) is 6.09. The zero-order valence-electron chi connectivity index (χ0n) is 6.89. The molecule has 5 aliphatic carbocycles. The van der Waals surface area contributed by atoms with E-state index < -0.39 is 0 Å². The Labute approximate surface area is 71.5 Å². The Balaban J connectivity index is 1.86. The lowest BCUT2D eigenvalue weighted by atomic mass is 9.60. The van der Waals surface area contributed by atoms with Gasteiger partial charge in [-0.3, -0.25) is 0 Å². The molecule has 0 aromatic carbocycles. The third-order valence-electron chi connectivity index (χ3n) is 6.58. The molecule has 7 aliphatic rings. The van der Waals surface area contributed by atoms with Gasteiger partial charge in [-0.2, -0.15) is 0 Å². The zero-order chi connectivity index (χ0) is 7.19. The summed E-state index contributed by atoms with van der Waals surface area (Å²) in [5.74, 6) is 8.98. The topological polar surface area (TPSA) is 9.23 Å². The first-order valence-corrected chi connectivity index (χ1v) is 5.62. The summed E-state index contributed by atoms with van der Waals surface area (Å²) in [6.45, 7) is 0. The van der Waals surface area contributed by atoms with Crippen LogP contribution in [-0.2, 0) is 4.74 Å². The van der Waals surface area contributed by atoms with Crippen LogP contribution in [0.15, 0.2) is 0 Å². The molecular formula is C11H12O. The van der Waals surface area contributed by atoms with E-state index in [0.717, 1.165) is 47.7 Å². The molecule has 2 saturated heterocycles. The average Bonchev–Trinajstić information content (AvgIpc) is 2.51. The van der Waals surface area contributed by atoms with Crippen LogP contribution < -0.4 is 0 Å². The van der Waals surface area contributed by atoms with Crippen molar-refractivity contribution in [3.8, 4) is 0 Å². The van der Waals surface area contributed by atoms with Crippen molar-refractivity contribution in [3.05, 3.63) is 0 Å². The standard InChI is InChI=1S/C11H12O/c1-2-4-5-3(1)7-6(2)10-8(4)9(5)11(7)12-10/h2-11H,1H2/t2-,3-,4-,5-,6-,7?,8-,9?,10+,11-/m0/s1. The van der Waals surface area contributed by atoms with Crippen LogP contribution >= 0.6 is 0 Å². The summed E-state index contributed by atoms with van der Waals surface area (Å²) >= 11 is 0. The molecule has 2 heterocycles. The maximum Gasteiger partial charge on any atom is 0.0648 e. The zero-order valence-corrected chi connectivity index (χ0v) is 6.89. The summed E-state index contributed by atoms with van der Waals surface area (Å²) in [5, 5.41) is 0. The van der Waals surface area contributed by atoms with Crippen molar-refractivity contribution < 1.29 is 4.74 Å². The van der Waals surface area contributed by atoms with Crippen LogP contribution in [0.25, 0.3) is 0 Å². The molecule has 7 rings (SSSR count). The molecule has 2 unspecified atom stereocenters. The Morgan fingerprint density at radius 1 is 0.667 bits per heavy atom. The fraction of sp³-hybridized carbons (Fsp3) is 1.00. The van der Waals surface area contributed by atoms with Crippen molar-refractivity contribution in [2.24, 2.45) is 47.3 Å². The number of rotatable bonds is 0. The molecular weight excluding hydrogens is 148 g/mol. The highest BCUT2D eigenvalue weighted by molar-refractivity contribution is 5.34. The van der Waals surface area contributed by atoms with Crippen molar-refractivity contribution in [2.45, 2.75) is 18.6 Å². The van der Waals surface area contributed by atoms with Crippen LogP contribution in [0.2, 0.25) is 0 Å². The molecule has 0 aromatic heterocycles. The molecule has 12 heavy (non-hydrogen) atoms. The van der Waals surface area contributed by atoms with Gasteiger partial charge >= 0.3 is 0 Å². The van der Waals surface area contributed by atoms with Gasteiger partial charge in [-0.15, -0.1) is 0 Å². The Hall–Kier alpha value is -0.0400. The van der Waals surface area contributed by atoms with Gasteiger partial charge in [0.2, 0.25) is 0 Å². The smallest absolute Gasteiger partial charge is 0.0648 e. The molecule has 4 bridgehead atoms. The van der Waals surface area contributed by atoms with Crippen LogP contribution in [0.3, 0.4) is 0 Å². The monoisotopic (exact) mass is 160 g/mol. The molecule has 1 nitrogen and oxygen atoms in total. The molecule has 0 aromatic rings. The molecule has 0 spiro atoms. The molecule has 0 amide bonds. The Morgan fingerprint density at radius 3 is 1.83 bits per heavy atom. The van der Waals surface area contributed by atoms with E-state index in [1.165, 1.54) is 11.8 Å². The average molecular weight is 160 g/mol. The van der Waals surface area contributed by atoms with Gasteiger partial charge in [0.1, 0.15) is 0 Å². The van der Waals surface area contributed by atoms with Crippen molar-refractivity contribution in [3.63, 3.8) is 0 Å². The minimum absolute atomic E-state index is 0.781. The second kappa shape index (κ2) is 1.06. The van der Waals surface area contributed by atoms with E-state index >= 15 is 0 Å². The highest BCUT2D eigenvalue weighted by atomic mass is 16.5. The molecule has 5 saturated carbocycles. The van der Waals surface area contributed by atoms with E-state index in [1.54, 1.807) is 6.42 Å². The van der Waals surface area contributed by atoms with Gasteiger partial charge in [-0.25, -0.2) is 0 Å². The van der Waals surface area contributed by atoms with E-state index in [2.05, 4.69) is 0 Å². The predicted octanol–water partition coefficient (Wildman–Crippen LogP) is 1.14. The fourth-order valence-electron chi connectivity index (χ4n) is 6.91. The summed E-state index contributed by atoms with van der Waals surface area (Å²) < 4.78 is 6.17. The van der Waals surface area contributed by atoms with Crippen molar-refractivity contribution in [1.82, 2.24) is 0 Å². The van der Waals surface area contributed by atoms with Gasteiger partial charge < -0.3 is 4.74 Å². The molecule has 0 radical (unpaired) electrons. The van der Waals surface area contributed by atoms with Crippen LogP contribution in [0.5, 0.6) is 0 Å². The Bertz CT molecular complexity index is 246.